The predicted octanol–water partition coefficient (Wildman–Crippen LogP) is 2.40. The zero-order valence-corrected chi connectivity index (χ0v) is 13.1. The Hall–Kier alpha value is -2.35. The lowest BCUT2D eigenvalue weighted by Crippen LogP contribution is -2.57. The van der Waals surface area contributed by atoms with E-state index in [9.17, 15) is 26.4 Å². The van der Waals surface area contributed by atoms with E-state index in [0.717, 1.165) is 47.4 Å². The van der Waals surface area contributed by atoms with E-state index < -0.39 is 44.0 Å². The van der Waals surface area contributed by atoms with Crippen LogP contribution < -0.4 is 0 Å². The quantitative estimate of drug-likeness (QED) is 0.795. The van der Waals surface area contributed by atoms with E-state index in [1.807, 2.05) is 0 Å². The Kier molecular flexibility index (Phi) is 4.08. The Labute approximate surface area is 136 Å². The molecule has 0 spiro atoms. The summed E-state index contributed by atoms with van der Waals surface area (Å²) < 4.78 is 64.8. The van der Waals surface area contributed by atoms with E-state index in [0.29, 0.717) is 0 Å². The minimum atomic E-state index is -3.74. The molecule has 1 fully saturated rings. The van der Waals surface area contributed by atoms with Gasteiger partial charge in [0.15, 0.2) is 9.84 Å². The second-order valence-corrected chi connectivity index (χ2v) is 7.66. The summed E-state index contributed by atoms with van der Waals surface area (Å²) in [4.78, 5) is 13.1. The van der Waals surface area contributed by atoms with Gasteiger partial charge in [-0.05, 0) is 36.4 Å². The van der Waals surface area contributed by atoms with Gasteiger partial charge in [-0.1, -0.05) is 6.07 Å². The van der Waals surface area contributed by atoms with Gasteiger partial charge in [0.05, 0.1) is 4.90 Å². The number of carbonyl (C=O) groups is 1. The van der Waals surface area contributed by atoms with Crippen molar-refractivity contribution in [2.45, 2.75) is 10.1 Å². The average molecular weight is 355 g/mol. The van der Waals surface area contributed by atoms with Crippen molar-refractivity contribution in [1.82, 2.24) is 4.90 Å². The first-order chi connectivity index (χ1) is 11.3. The van der Waals surface area contributed by atoms with Gasteiger partial charge in [-0.2, -0.15) is 0 Å². The minimum absolute atomic E-state index is 0.0573. The molecule has 3 rings (SSSR count). The first kappa shape index (κ1) is 16.5. The molecule has 0 unspecified atom stereocenters. The molecule has 1 saturated heterocycles. The van der Waals surface area contributed by atoms with Crippen LogP contribution in [0.4, 0.5) is 13.2 Å². The van der Waals surface area contributed by atoms with Gasteiger partial charge in [0, 0.05) is 13.1 Å². The molecule has 1 heterocycles. The van der Waals surface area contributed by atoms with E-state index in [2.05, 4.69) is 0 Å². The molecule has 1 aliphatic heterocycles. The number of sulfone groups is 1. The highest BCUT2D eigenvalue weighted by molar-refractivity contribution is 7.92. The summed E-state index contributed by atoms with van der Waals surface area (Å²) >= 11 is 0. The van der Waals surface area contributed by atoms with Crippen molar-refractivity contribution in [3.8, 4) is 0 Å². The largest absolute Gasteiger partial charge is 0.336 e. The molecule has 0 aliphatic carbocycles. The van der Waals surface area contributed by atoms with Crippen molar-refractivity contribution in [2.24, 2.45) is 0 Å². The highest BCUT2D eigenvalue weighted by Crippen LogP contribution is 2.26. The zero-order chi connectivity index (χ0) is 17.5. The van der Waals surface area contributed by atoms with Gasteiger partial charge in [0.2, 0.25) is 0 Å². The van der Waals surface area contributed by atoms with Crippen LogP contribution in [0.2, 0.25) is 0 Å². The molecule has 2 aromatic carbocycles. The maximum Gasteiger partial charge on any atom is 0.259 e. The molecule has 0 radical (unpaired) electrons. The highest BCUT2D eigenvalue weighted by atomic mass is 32.2. The third kappa shape index (κ3) is 2.77. The maximum atomic E-state index is 13.6. The zero-order valence-electron chi connectivity index (χ0n) is 12.2. The van der Waals surface area contributed by atoms with Crippen molar-refractivity contribution in [3.63, 3.8) is 0 Å². The number of carbonyl (C=O) groups excluding carboxylic acids is 1. The summed E-state index contributed by atoms with van der Waals surface area (Å²) in [5, 5.41) is -0.887. The van der Waals surface area contributed by atoms with Crippen LogP contribution in [0.3, 0.4) is 0 Å². The van der Waals surface area contributed by atoms with Crippen molar-refractivity contribution in [2.75, 3.05) is 13.1 Å². The fraction of sp³-hybridized carbons (Fsp3) is 0.188. The highest BCUT2D eigenvalue weighted by Gasteiger charge is 2.41. The molecular formula is C16H12F3NO3S. The number of amides is 1. The number of hydrogen-bond donors (Lipinski definition) is 0. The number of nitrogens with zero attached hydrogens (tertiary/aromatic N) is 1. The van der Waals surface area contributed by atoms with Crippen molar-refractivity contribution >= 4 is 15.7 Å². The van der Waals surface area contributed by atoms with Gasteiger partial charge in [0.1, 0.15) is 28.3 Å². The number of rotatable bonds is 3. The minimum Gasteiger partial charge on any atom is -0.336 e. The van der Waals surface area contributed by atoms with Gasteiger partial charge in [-0.15, -0.1) is 0 Å². The predicted molar refractivity (Wildman–Crippen MR) is 79.6 cm³/mol. The summed E-state index contributed by atoms with van der Waals surface area (Å²) in [6.07, 6.45) is 0. The Balaban J connectivity index is 1.75. The summed E-state index contributed by atoms with van der Waals surface area (Å²) in [5.41, 5.74) is -0.699. The molecule has 1 aliphatic rings. The number of hydrogen-bond acceptors (Lipinski definition) is 3. The Bertz CT molecular complexity index is 871. The second-order valence-electron chi connectivity index (χ2n) is 5.43. The topological polar surface area (TPSA) is 54.5 Å². The van der Waals surface area contributed by atoms with Crippen LogP contribution in [0.5, 0.6) is 0 Å². The lowest BCUT2D eigenvalue weighted by Gasteiger charge is -2.38. The summed E-state index contributed by atoms with van der Waals surface area (Å²) in [6, 6.07) is 7.41. The fourth-order valence-corrected chi connectivity index (χ4v) is 4.13. The van der Waals surface area contributed by atoms with Crippen LogP contribution in [0.15, 0.2) is 47.4 Å². The van der Waals surface area contributed by atoms with E-state index in [4.69, 9.17) is 0 Å². The van der Waals surface area contributed by atoms with Crippen molar-refractivity contribution < 1.29 is 26.4 Å². The molecule has 8 heteroatoms. The van der Waals surface area contributed by atoms with Crippen LogP contribution in [0, 0.1) is 17.5 Å². The first-order valence-corrected chi connectivity index (χ1v) is 8.58. The SMILES string of the molecule is O=C(c1c(F)cccc1F)N1CC(S(=O)(=O)c2ccc(F)cc2)C1. The molecule has 4 nitrogen and oxygen atoms in total. The Morgan fingerprint density at radius 1 is 0.958 bits per heavy atom. The standard InChI is InChI=1S/C16H12F3NO3S/c17-10-4-6-11(7-5-10)24(22,23)12-8-20(9-12)16(21)15-13(18)2-1-3-14(15)19/h1-7,12H,8-9H2. The van der Waals surface area contributed by atoms with Gasteiger partial charge in [-0.3, -0.25) is 4.79 Å². The van der Waals surface area contributed by atoms with E-state index in [1.165, 1.54) is 0 Å². The van der Waals surface area contributed by atoms with Crippen molar-refractivity contribution in [1.29, 1.82) is 0 Å². The van der Waals surface area contributed by atoms with Crippen LogP contribution in [0.25, 0.3) is 0 Å². The molecule has 0 bridgehead atoms. The van der Waals surface area contributed by atoms with Gasteiger partial charge >= 0.3 is 0 Å². The van der Waals surface area contributed by atoms with Gasteiger partial charge in [-0.25, -0.2) is 21.6 Å². The monoisotopic (exact) mass is 355 g/mol. The summed E-state index contributed by atoms with van der Waals surface area (Å²) in [7, 11) is -3.74. The normalized spacial score (nSPS) is 15.2. The van der Waals surface area contributed by atoms with Crippen LogP contribution in [-0.4, -0.2) is 37.6 Å². The van der Waals surface area contributed by atoms with Crippen molar-refractivity contribution in [3.05, 3.63) is 65.5 Å². The molecule has 0 atom stereocenters. The van der Waals surface area contributed by atoms with Crippen LogP contribution in [-0.2, 0) is 9.84 Å². The number of likely N-dealkylation sites (tertiary alicyclic amines) is 1. The molecule has 1 amide bonds. The third-order valence-corrected chi connectivity index (χ3v) is 6.00. The summed E-state index contributed by atoms with van der Waals surface area (Å²) in [6.45, 7) is -0.349. The number of halogens is 3. The third-order valence-electron chi connectivity index (χ3n) is 3.89. The van der Waals surface area contributed by atoms with E-state index in [1.54, 1.807) is 0 Å². The smallest absolute Gasteiger partial charge is 0.259 e. The Morgan fingerprint density at radius 2 is 1.50 bits per heavy atom. The summed E-state index contributed by atoms with van der Waals surface area (Å²) in [5.74, 6) is -3.44. The van der Waals surface area contributed by atoms with E-state index >= 15 is 0 Å². The second kappa shape index (κ2) is 5.94. The molecule has 0 aromatic heterocycles. The van der Waals surface area contributed by atoms with Crippen LogP contribution in [0.1, 0.15) is 10.4 Å². The maximum absolute atomic E-state index is 13.6. The molecule has 126 valence electrons. The molecular weight excluding hydrogens is 343 g/mol. The fourth-order valence-electron chi connectivity index (χ4n) is 2.48. The Morgan fingerprint density at radius 3 is 2.04 bits per heavy atom. The van der Waals surface area contributed by atoms with E-state index in [-0.39, 0.29) is 18.0 Å². The lowest BCUT2D eigenvalue weighted by molar-refractivity contribution is 0.0648. The molecule has 0 N–H and O–H groups in total. The average Bonchev–Trinajstić information content (AvgIpc) is 2.45. The van der Waals surface area contributed by atoms with Gasteiger partial charge < -0.3 is 4.90 Å². The van der Waals surface area contributed by atoms with Crippen LogP contribution >= 0.6 is 0 Å². The molecule has 0 saturated carbocycles. The number of benzene rings is 2. The first-order valence-electron chi connectivity index (χ1n) is 7.03. The molecule has 2 aromatic rings. The van der Waals surface area contributed by atoms with Gasteiger partial charge in [0.25, 0.3) is 5.91 Å². The lowest BCUT2D eigenvalue weighted by atomic mass is 10.1. The molecule has 24 heavy (non-hydrogen) atoms.